The van der Waals surface area contributed by atoms with Gasteiger partial charge in [-0.2, -0.15) is 0 Å². The van der Waals surface area contributed by atoms with Crippen molar-refractivity contribution in [1.29, 1.82) is 0 Å². The molecule has 4 heteroatoms. The topological polar surface area (TPSA) is 49.2 Å². The lowest BCUT2D eigenvalue weighted by atomic mass is 9.81. The zero-order chi connectivity index (χ0) is 20.4. The smallest absolute Gasteiger partial charge is 0.408 e. The zero-order valence-corrected chi connectivity index (χ0v) is 17.8. The summed E-state index contributed by atoms with van der Waals surface area (Å²) in [5.41, 5.74) is 7.02. The lowest BCUT2D eigenvalue weighted by Crippen LogP contribution is -2.35. The van der Waals surface area contributed by atoms with Crippen molar-refractivity contribution >= 4 is 11.1 Å². The van der Waals surface area contributed by atoms with Crippen molar-refractivity contribution in [2.24, 2.45) is 0 Å². The summed E-state index contributed by atoms with van der Waals surface area (Å²) in [7, 11) is 2.29. The predicted octanol–water partition coefficient (Wildman–Crippen LogP) is 5.33. The van der Waals surface area contributed by atoms with E-state index in [0.29, 0.717) is 17.5 Å². The summed E-state index contributed by atoms with van der Waals surface area (Å²) in [6.45, 7) is 5.54. The van der Waals surface area contributed by atoms with Gasteiger partial charge in [-0.25, -0.2) is 4.79 Å². The molecule has 1 aliphatic carbocycles. The fraction of sp³-hybridized carbons (Fsp3) is 0.480. The average Bonchev–Trinajstić information content (AvgIpc) is 3.09. The Bertz CT molecular complexity index is 1020. The maximum absolute atomic E-state index is 11.4. The van der Waals surface area contributed by atoms with E-state index in [1.165, 1.54) is 54.4 Å². The highest BCUT2D eigenvalue weighted by Crippen LogP contribution is 2.35. The van der Waals surface area contributed by atoms with E-state index in [1.807, 2.05) is 12.1 Å². The van der Waals surface area contributed by atoms with Crippen LogP contribution in [0.5, 0.6) is 0 Å². The molecule has 154 valence electrons. The molecule has 1 aliphatic rings. The predicted molar refractivity (Wildman–Crippen MR) is 119 cm³/mol. The number of aromatic nitrogens is 1. The van der Waals surface area contributed by atoms with E-state index in [9.17, 15) is 4.79 Å². The third kappa shape index (κ3) is 4.64. The molecule has 1 aromatic heterocycles. The molecular weight excluding hydrogens is 360 g/mol. The van der Waals surface area contributed by atoms with Crippen LogP contribution in [-0.2, 0) is 6.42 Å². The normalized spacial score (nSPS) is 19.9. The van der Waals surface area contributed by atoms with Gasteiger partial charge >= 0.3 is 5.76 Å². The third-order valence-electron chi connectivity index (χ3n) is 6.69. The lowest BCUT2D eigenvalue weighted by molar-refractivity contribution is 0.181. The van der Waals surface area contributed by atoms with Gasteiger partial charge in [0, 0.05) is 6.04 Å². The number of hydrogen-bond acceptors (Lipinski definition) is 3. The van der Waals surface area contributed by atoms with Gasteiger partial charge in [-0.05, 0) is 101 Å². The molecule has 0 saturated heterocycles. The summed E-state index contributed by atoms with van der Waals surface area (Å²) in [5, 5.41) is 0. The Labute approximate surface area is 172 Å². The van der Waals surface area contributed by atoms with Gasteiger partial charge in [0.2, 0.25) is 0 Å². The van der Waals surface area contributed by atoms with Gasteiger partial charge in [0.25, 0.3) is 0 Å². The molecule has 1 N–H and O–H groups in total. The van der Waals surface area contributed by atoms with Gasteiger partial charge in [-0.3, -0.25) is 4.98 Å². The highest BCUT2D eigenvalue weighted by Gasteiger charge is 2.25. The molecule has 1 fully saturated rings. The van der Waals surface area contributed by atoms with Crippen molar-refractivity contribution in [3.63, 3.8) is 0 Å². The molecule has 0 bridgehead atoms. The van der Waals surface area contributed by atoms with Crippen LogP contribution in [0.25, 0.3) is 11.1 Å². The molecule has 29 heavy (non-hydrogen) atoms. The molecule has 0 radical (unpaired) electrons. The first-order valence-corrected chi connectivity index (χ1v) is 10.9. The van der Waals surface area contributed by atoms with Crippen LogP contribution in [0.1, 0.15) is 60.3 Å². The van der Waals surface area contributed by atoms with Crippen molar-refractivity contribution < 1.29 is 4.42 Å². The first-order chi connectivity index (χ1) is 14.0. The fourth-order valence-electron chi connectivity index (χ4n) is 4.89. The first-order valence-electron chi connectivity index (χ1n) is 10.9. The van der Waals surface area contributed by atoms with Crippen LogP contribution in [0.2, 0.25) is 0 Å². The fourth-order valence-corrected chi connectivity index (χ4v) is 4.89. The third-order valence-corrected chi connectivity index (χ3v) is 6.69. The molecule has 0 unspecified atom stereocenters. The Morgan fingerprint density at radius 1 is 1.07 bits per heavy atom. The zero-order valence-electron chi connectivity index (χ0n) is 17.8. The monoisotopic (exact) mass is 392 g/mol. The van der Waals surface area contributed by atoms with Crippen LogP contribution in [0.4, 0.5) is 0 Å². The largest absolute Gasteiger partial charge is 0.417 e. The highest BCUT2D eigenvalue weighted by atomic mass is 16.4. The Hall–Kier alpha value is -2.33. The van der Waals surface area contributed by atoms with Gasteiger partial charge in [-0.1, -0.05) is 29.8 Å². The van der Waals surface area contributed by atoms with Crippen molar-refractivity contribution in [3.8, 4) is 0 Å². The molecule has 3 aromatic rings. The van der Waals surface area contributed by atoms with Crippen molar-refractivity contribution in [1.82, 2.24) is 9.88 Å². The van der Waals surface area contributed by atoms with Crippen LogP contribution >= 0.6 is 0 Å². The molecule has 1 heterocycles. The van der Waals surface area contributed by atoms with Crippen LogP contribution in [0, 0.1) is 13.8 Å². The second-order valence-electron chi connectivity index (χ2n) is 8.79. The number of hydrogen-bond donors (Lipinski definition) is 1. The SMILES string of the molecule is Cc1ccc(CCCN(C)[C@H]2CC[C@H](c3ccc4[nH]c(=O)oc4c3)CC2)c(C)c1. The van der Waals surface area contributed by atoms with Crippen LogP contribution < -0.4 is 5.76 Å². The number of H-pyrrole nitrogens is 1. The average molecular weight is 393 g/mol. The molecule has 0 spiro atoms. The van der Waals surface area contributed by atoms with E-state index in [0.717, 1.165) is 18.5 Å². The summed E-state index contributed by atoms with van der Waals surface area (Å²) in [4.78, 5) is 16.7. The summed E-state index contributed by atoms with van der Waals surface area (Å²) in [5.74, 6) is 0.197. The highest BCUT2D eigenvalue weighted by molar-refractivity contribution is 5.72. The molecule has 0 aliphatic heterocycles. The molecule has 4 nitrogen and oxygen atoms in total. The second-order valence-corrected chi connectivity index (χ2v) is 8.79. The molecule has 4 rings (SSSR count). The van der Waals surface area contributed by atoms with E-state index < -0.39 is 0 Å². The van der Waals surface area contributed by atoms with Gasteiger partial charge in [0.05, 0.1) is 5.52 Å². The van der Waals surface area contributed by atoms with Gasteiger partial charge in [0.15, 0.2) is 5.58 Å². The molecule has 0 amide bonds. The van der Waals surface area contributed by atoms with E-state index in [2.05, 4.69) is 55.0 Å². The van der Waals surface area contributed by atoms with E-state index in [4.69, 9.17) is 4.42 Å². The summed E-state index contributed by atoms with van der Waals surface area (Å²) < 4.78 is 5.24. The van der Waals surface area contributed by atoms with Crippen molar-refractivity contribution in [3.05, 3.63) is 69.2 Å². The van der Waals surface area contributed by atoms with Crippen LogP contribution in [0.3, 0.4) is 0 Å². The van der Waals surface area contributed by atoms with E-state index in [-0.39, 0.29) is 5.76 Å². The standard InChI is InChI=1S/C25H32N2O2/c1-17-6-7-19(18(2)15-17)5-4-14-27(3)22-11-8-20(9-12-22)21-10-13-23-24(16-21)29-25(28)26-23/h6-7,10,13,15-16,20,22H,4-5,8-9,11-12,14H2,1-3H3,(H,26,28)/t20-,22-. The van der Waals surface area contributed by atoms with Crippen LogP contribution in [0.15, 0.2) is 45.6 Å². The molecule has 1 saturated carbocycles. The van der Waals surface area contributed by atoms with Gasteiger partial charge in [-0.15, -0.1) is 0 Å². The number of nitrogens with zero attached hydrogens (tertiary/aromatic N) is 1. The minimum Gasteiger partial charge on any atom is -0.408 e. The lowest BCUT2D eigenvalue weighted by Gasteiger charge is -2.35. The minimum absolute atomic E-state index is 0.372. The second kappa shape index (κ2) is 8.58. The Morgan fingerprint density at radius 2 is 1.86 bits per heavy atom. The quantitative estimate of drug-likeness (QED) is 0.617. The van der Waals surface area contributed by atoms with Gasteiger partial charge in [0.1, 0.15) is 0 Å². The number of benzene rings is 2. The van der Waals surface area contributed by atoms with E-state index >= 15 is 0 Å². The van der Waals surface area contributed by atoms with Crippen molar-refractivity contribution in [2.45, 2.75) is 64.3 Å². The van der Waals surface area contributed by atoms with Gasteiger partial charge < -0.3 is 9.32 Å². The Kier molecular flexibility index (Phi) is 5.91. The van der Waals surface area contributed by atoms with Crippen molar-refractivity contribution in [2.75, 3.05) is 13.6 Å². The number of rotatable bonds is 6. The maximum atomic E-state index is 11.4. The summed E-state index contributed by atoms with van der Waals surface area (Å²) >= 11 is 0. The minimum atomic E-state index is -0.372. The maximum Gasteiger partial charge on any atom is 0.417 e. The molecule has 0 atom stereocenters. The number of aromatic amines is 1. The number of fused-ring (bicyclic) bond motifs is 1. The molecule has 2 aromatic carbocycles. The Balaban J connectivity index is 1.27. The summed E-state index contributed by atoms with van der Waals surface area (Å²) in [6, 6.07) is 13.7. The van der Waals surface area contributed by atoms with Crippen LogP contribution in [-0.4, -0.2) is 29.5 Å². The summed E-state index contributed by atoms with van der Waals surface area (Å²) in [6.07, 6.45) is 7.25. The number of oxazole rings is 1. The first kappa shape index (κ1) is 20.0. The number of nitrogens with one attached hydrogen (secondary N) is 1. The van der Waals surface area contributed by atoms with E-state index in [1.54, 1.807) is 0 Å². The molecular formula is C25H32N2O2. The Morgan fingerprint density at radius 3 is 2.62 bits per heavy atom. The number of aryl methyl sites for hydroxylation is 3.